The maximum Gasteiger partial charge on any atom is 0.282 e. The molecule has 21 heavy (non-hydrogen) atoms. The molecule has 7 nitrogen and oxygen atoms in total. The molecule has 114 valence electrons. The predicted molar refractivity (Wildman–Crippen MR) is 77.7 cm³/mol. The number of benzene rings is 1. The maximum absolute atomic E-state index is 12.1. The smallest absolute Gasteiger partial charge is 0.282 e. The van der Waals surface area contributed by atoms with Gasteiger partial charge in [-0.2, -0.15) is 0 Å². The van der Waals surface area contributed by atoms with Crippen LogP contribution in [0.25, 0.3) is 0 Å². The van der Waals surface area contributed by atoms with Crippen LogP contribution in [0, 0.1) is 10.1 Å². The summed E-state index contributed by atoms with van der Waals surface area (Å²) in [5.41, 5.74) is -0.310. The van der Waals surface area contributed by atoms with Crippen LogP contribution in [-0.4, -0.2) is 55.1 Å². The Morgan fingerprint density at radius 3 is 3.05 bits per heavy atom. The monoisotopic (exact) mass is 313 g/mol. The highest BCUT2D eigenvalue weighted by atomic mass is 35.5. The Hall–Kier alpha value is -1.70. The topological polar surface area (TPSA) is 84.7 Å². The molecule has 0 saturated carbocycles. The van der Waals surface area contributed by atoms with E-state index in [0.29, 0.717) is 19.7 Å². The third kappa shape index (κ3) is 4.13. The number of hydrogen-bond donors (Lipinski definition) is 1. The van der Waals surface area contributed by atoms with Gasteiger partial charge in [-0.05, 0) is 19.2 Å². The molecule has 0 aliphatic carbocycles. The fraction of sp³-hybridized carbons (Fsp3) is 0.462. The second kappa shape index (κ2) is 6.84. The van der Waals surface area contributed by atoms with Crippen LogP contribution in [0.3, 0.4) is 0 Å². The van der Waals surface area contributed by atoms with Crippen molar-refractivity contribution in [2.24, 2.45) is 0 Å². The van der Waals surface area contributed by atoms with Crippen molar-refractivity contribution >= 4 is 23.2 Å². The number of likely N-dealkylation sites (N-methyl/N-ethyl adjacent to an activating group) is 1. The van der Waals surface area contributed by atoms with E-state index in [9.17, 15) is 14.9 Å². The van der Waals surface area contributed by atoms with Gasteiger partial charge in [0.05, 0.1) is 17.6 Å². The summed E-state index contributed by atoms with van der Waals surface area (Å²) in [4.78, 5) is 24.5. The number of nitro groups is 1. The van der Waals surface area contributed by atoms with E-state index in [1.54, 1.807) is 0 Å². The van der Waals surface area contributed by atoms with Crippen LogP contribution in [-0.2, 0) is 4.74 Å². The normalized spacial score (nSPS) is 19.2. The van der Waals surface area contributed by atoms with Gasteiger partial charge in [-0.1, -0.05) is 11.6 Å². The molecule has 0 radical (unpaired) electrons. The van der Waals surface area contributed by atoms with Crippen LogP contribution < -0.4 is 5.32 Å². The number of hydrogen-bond acceptors (Lipinski definition) is 5. The number of morpholine rings is 1. The van der Waals surface area contributed by atoms with Crippen molar-refractivity contribution in [3.05, 3.63) is 38.9 Å². The third-order valence-electron chi connectivity index (χ3n) is 3.23. The number of ether oxygens (including phenoxy) is 1. The van der Waals surface area contributed by atoms with Crippen molar-refractivity contribution < 1.29 is 14.5 Å². The predicted octanol–water partition coefficient (Wildman–Crippen LogP) is 1.31. The molecule has 8 heteroatoms. The van der Waals surface area contributed by atoms with Gasteiger partial charge in [-0.15, -0.1) is 0 Å². The fourth-order valence-corrected chi connectivity index (χ4v) is 2.31. The molecule has 1 atom stereocenters. The van der Waals surface area contributed by atoms with Crippen LogP contribution in [0.5, 0.6) is 0 Å². The van der Waals surface area contributed by atoms with Gasteiger partial charge >= 0.3 is 0 Å². The lowest BCUT2D eigenvalue weighted by atomic mass is 10.1. The zero-order valence-corrected chi connectivity index (χ0v) is 12.3. The van der Waals surface area contributed by atoms with E-state index < -0.39 is 10.8 Å². The third-order valence-corrected chi connectivity index (χ3v) is 3.47. The number of nitrogens with one attached hydrogen (secondary N) is 1. The number of nitrogens with zero attached hydrogens (tertiary/aromatic N) is 2. The molecule has 1 fully saturated rings. The number of rotatable bonds is 4. The number of nitro benzene ring substituents is 1. The molecule has 1 saturated heterocycles. The largest absolute Gasteiger partial charge is 0.374 e. The van der Waals surface area contributed by atoms with Gasteiger partial charge < -0.3 is 15.0 Å². The first kappa shape index (κ1) is 15.7. The van der Waals surface area contributed by atoms with Crippen molar-refractivity contribution in [3.8, 4) is 0 Å². The molecule has 0 spiro atoms. The summed E-state index contributed by atoms with van der Waals surface area (Å²) in [5, 5.41) is 13.9. The molecular weight excluding hydrogens is 298 g/mol. The van der Waals surface area contributed by atoms with E-state index in [2.05, 4.69) is 10.2 Å². The lowest BCUT2D eigenvalue weighted by molar-refractivity contribution is -0.385. The van der Waals surface area contributed by atoms with Crippen molar-refractivity contribution in [3.63, 3.8) is 0 Å². The molecule has 1 heterocycles. The van der Waals surface area contributed by atoms with E-state index in [-0.39, 0.29) is 22.4 Å². The maximum atomic E-state index is 12.1. The quantitative estimate of drug-likeness (QED) is 0.669. The second-order valence-corrected chi connectivity index (χ2v) is 5.32. The summed E-state index contributed by atoms with van der Waals surface area (Å²) in [6, 6.07) is 3.90. The molecule has 1 unspecified atom stereocenters. The molecular formula is C13H16ClN3O4. The Bertz CT molecular complexity index is 552. The minimum atomic E-state index is -0.601. The Morgan fingerprint density at radius 1 is 1.62 bits per heavy atom. The van der Waals surface area contributed by atoms with Gasteiger partial charge in [-0.3, -0.25) is 14.9 Å². The zero-order chi connectivity index (χ0) is 15.4. The van der Waals surface area contributed by atoms with Crippen LogP contribution >= 0.6 is 11.6 Å². The van der Waals surface area contributed by atoms with Crippen LogP contribution in [0.15, 0.2) is 18.2 Å². The van der Waals surface area contributed by atoms with Gasteiger partial charge in [0.25, 0.3) is 11.6 Å². The first-order valence-corrected chi connectivity index (χ1v) is 6.87. The second-order valence-electron chi connectivity index (χ2n) is 4.88. The van der Waals surface area contributed by atoms with E-state index in [1.807, 2.05) is 7.05 Å². The molecule has 1 aromatic rings. The summed E-state index contributed by atoms with van der Waals surface area (Å²) < 4.78 is 5.52. The van der Waals surface area contributed by atoms with Crippen molar-refractivity contribution in [2.45, 2.75) is 6.10 Å². The Kier molecular flexibility index (Phi) is 5.11. The molecule has 1 aliphatic heterocycles. The number of amides is 1. The van der Waals surface area contributed by atoms with E-state index in [1.165, 1.54) is 18.2 Å². The summed E-state index contributed by atoms with van der Waals surface area (Å²) in [7, 11) is 1.97. The highest BCUT2D eigenvalue weighted by Crippen LogP contribution is 2.22. The molecule has 1 N–H and O–H groups in total. The summed E-state index contributed by atoms with van der Waals surface area (Å²) in [5.74, 6) is -0.527. The Morgan fingerprint density at radius 2 is 2.38 bits per heavy atom. The molecule has 1 aromatic carbocycles. The first-order valence-electron chi connectivity index (χ1n) is 6.49. The highest BCUT2D eigenvalue weighted by Gasteiger charge is 2.23. The molecule has 0 bridgehead atoms. The molecule has 1 aliphatic rings. The summed E-state index contributed by atoms with van der Waals surface area (Å²) in [6.45, 7) is 2.46. The summed E-state index contributed by atoms with van der Waals surface area (Å²) in [6.07, 6.45) is -0.119. The van der Waals surface area contributed by atoms with E-state index >= 15 is 0 Å². The van der Waals surface area contributed by atoms with Crippen LogP contribution in [0.2, 0.25) is 5.02 Å². The standard InChI is InChI=1S/C13H16ClN3O4/c1-16-4-5-21-10(8-16)7-15-13(18)11-6-9(14)2-3-12(11)17(19)20/h2-3,6,10H,4-5,7-8H2,1H3,(H,15,18). The first-order chi connectivity index (χ1) is 9.97. The average Bonchev–Trinajstić information content (AvgIpc) is 2.44. The lowest BCUT2D eigenvalue weighted by Gasteiger charge is -2.30. The van der Waals surface area contributed by atoms with Gasteiger partial charge in [0.1, 0.15) is 5.56 Å². The van der Waals surface area contributed by atoms with Crippen LogP contribution in [0.1, 0.15) is 10.4 Å². The minimum absolute atomic E-state index is 0.0448. The molecule has 2 rings (SSSR count). The van der Waals surface area contributed by atoms with Crippen molar-refractivity contribution in [1.29, 1.82) is 0 Å². The number of carbonyl (C=O) groups is 1. The SMILES string of the molecule is CN1CCOC(CNC(=O)c2cc(Cl)ccc2[N+](=O)[O-])C1. The van der Waals surface area contributed by atoms with E-state index in [4.69, 9.17) is 16.3 Å². The average molecular weight is 314 g/mol. The Balaban J connectivity index is 2.03. The van der Waals surface area contributed by atoms with Crippen LogP contribution in [0.4, 0.5) is 5.69 Å². The fourth-order valence-electron chi connectivity index (χ4n) is 2.14. The van der Waals surface area contributed by atoms with E-state index in [0.717, 1.165) is 6.54 Å². The van der Waals surface area contributed by atoms with Gasteiger partial charge in [-0.25, -0.2) is 0 Å². The van der Waals surface area contributed by atoms with Gasteiger partial charge in [0.15, 0.2) is 0 Å². The lowest BCUT2D eigenvalue weighted by Crippen LogP contribution is -2.46. The van der Waals surface area contributed by atoms with Crippen molar-refractivity contribution in [2.75, 3.05) is 33.3 Å². The molecule has 0 aromatic heterocycles. The number of carbonyl (C=O) groups excluding carboxylic acids is 1. The summed E-state index contributed by atoms with van der Waals surface area (Å²) >= 11 is 5.80. The highest BCUT2D eigenvalue weighted by molar-refractivity contribution is 6.31. The minimum Gasteiger partial charge on any atom is -0.374 e. The zero-order valence-electron chi connectivity index (χ0n) is 11.5. The Labute approximate surface area is 127 Å². The van der Waals surface area contributed by atoms with Gasteiger partial charge in [0.2, 0.25) is 0 Å². The number of halogens is 1. The van der Waals surface area contributed by atoms with Crippen molar-refractivity contribution in [1.82, 2.24) is 10.2 Å². The molecule has 1 amide bonds. The van der Waals surface area contributed by atoms with Gasteiger partial charge in [0, 0.05) is 30.7 Å².